The molecular formula is C44H47N9O5. The lowest BCUT2D eigenvalue weighted by Crippen LogP contribution is -2.37. The Morgan fingerprint density at radius 2 is 1.81 bits per heavy atom. The highest BCUT2D eigenvalue weighted by Crippen LogP contribution is 2.37. The van der Waals surface area contributed by atoms with E-state index < -0.39 is 6.04 Å². The van der Waals surface area contributed by atoms with Gasteiger partial charge in [0, 0.05) is 112 Å². The van der Waals surface area contributed by atoms with E-state index in [4.69, 9.17) is 9.97 Å². The molecule has 8 rings (SSSR count). The third-order valence-corrected chi connectivity index (χ3v) is 11.8. The number of nitrogens with zero attached hydrogens (tertiary/aromatic N) is 7. The van der Waals surface area contributed by atoms with Gasteiger partial charge in [-0.2, -0.15) is 0 Å². The molecule has 2 N–H and O–H groups in total. The summed E-state index contributed by atoms with van der Waals surface area (Å²) in [5.74, 6) is 0.647. The number of carbonyl (C=O) groups is 5. The predicted molar refractivity (Wildman–Crippen MR) is 219 cm³/mol. The molecule has 0 bridgehead atoms. The van der Waals surface area contributed by atoms with Crippen molar-refractivity contribution in [3.05, 3.63) is 95.3 Å². The molecule has 298 valence electrons. The highest BCUT2D eigenvalue weighted by atomic mass is 16.2. The minimum atomic E-state index is -0.678. The average Bonchev–Trinajstić information content (AvgIpc) is 3.98. The third kappa shape index (κ3) is 7.30. The molecule has 4 amide bonds. The van der Waals surface area contributed by atoms with E-state index in [1.165, 1.54) is 0 Å². The van der Waals surface area contributed by atoms with Crippen LogP contribution in [0.15, 0.2) is 67.0 Å². The lowest BCUT2D eigenvalue weighted by atomic mass is 10.0. The van der Waals surface area contributed by atoms with Crippen molar-refractivity contribution in [1.29, 1.82) is 0 Å². The number of amides is 4. The number of fused-ring (bicyclic) bond motifs is 3. The largest absolute Gasteiger partial charge is 0.371 e. The Bertz CT molecular complexity index is 2430. The minimum Gasteiger partial charge on any atom is -0.371 e. The molecule has 3 aromatic heterocycles. The van der Waals surface area contributed by atoms with E-state index in [2.05, 4.69) is 44.1 Å². The molecular weight excluding hydrogens is 735 g/mol. The Balaban J connectivity index is 0.903. The second-order valence-corrected chi connectivity index (χ2v) is 15.3. The Labute approximate surface area is 336 Å². The van der Waals surface area contributed by atoms with E-state index in [0.29, 0.717) is 44.0 Å². The number of imidazole rings is 1. The molecule has 6 heterocycles. The zero-order valence-corrected chi connectivity index (χ0v) is 33.0. The molecule has 2 aromatic carbocycles. The molecule has 0 radical (unpaired) electrons. The molecule has 1 saturated heterocycles. The van der Waals surface area contributed by atoms with Crippen molar-refractivity contribution in [1.82, 2.24) is 40.0 Å². The molecule has 2 unspecified atom stereocenters. The van der Waals surface area contributed by atoms with Gasteiger partial charge in [-0.15, -0.1) is 0 Å². The van der Waals surface area contributed by atoms with Crippen LogP contribution in [0.1, 0.15) is 71.0 Å². The molecule has 0 spiro atoms. The lowest BCUT2D eigenvalue weighted by molar-refractivity contribution is -0.130. The van der Waals surface area contributed by atoms with E-state index in [9.17, 15) is 24.0 Å². The fourth-order valence-corrected chi connectivity index (χ4v) is 8.56. The highest BCUT2D eigenvalue weighted by Gasteiger charge is 2.36. The van der Waals surface area contributed by atoms with Crippen LogP contribution < -0.4 is 15.5 Å². The number of anilines is 1. The Hall–Kier alpha value is -6.44. The van der Waals surface area contributed by atoms with E-state index >= 15 is 0 Å². The Morgan fingerprint density at radius 1 is 0.983 bits per heavy atom. The number of hydrogen-bond donors (Lipinski definition) is 2. The maximum atomic E-state index is 13.3. The summed E-state index contributed by atoms with van der Waals surface area (Å²) in [6.07, 6.45) is 6.39. The lowest BCUT2D eigenvalue weighted by Gasteiger charge is -2.28. The van der Waals surface area contributed by atoms with Crippen molar-refractivity contribution in [3.8, 4) is 22.5 Å². The van der Waals surface area contributed by atoms with Gasteiger partial charge in [-0.25, -0.2) is 4.98 Å². The van der Waals surface area contributed by atoms with Gasteiger partial charge < -0.3 is 34.7 Å². The number of pyridine rings is 2. The topological polar surface area (TPSA) is 163 Å². The van der Waals surface area contributed by atoms with Crippen molar-refractivity contribution in [2.45, 2.75) is 65.2 Å². The summed E-state index contributed by atoms with van der Waals surface area (Å²) in [5.41, 5.74) is 7.19. The predicted octanol–water partition coefficient (Wildman–Crippen LogP) is 4.39. The Morgan fingerprint density at radius 3 is 2.57 bits per heavy atom. The van der Waals surface area contributed by atoms with Crippen LogP contribution >= 0.6 is 0 Å². The molecule has 0 saturated carbocycles. The number of aldehydes is 1. The first-order valence-corrected chi connectivity index (χ1v) is 20.0. The molecule has 14 nitrogen and oxygen atoms in total. The molecule has 3 aliphatic rings. The molecule has 58 heavy (non-hydrogen) atoms. The number of nitrogens with one attached hydrogen (secondary N) is 2. The summed E-state index contributed by atoms with van der Waals surface area (Å²) in [4.78, 5) is 82.6. The average molecular weight is 782 g/mol. The summed E-state index contributed by atoms with van der Waals surface area (Å²) in [6, 6.07) is 16.7. The van der Waals surface area contributed by atoms with Crippen LogP contribution in [-0.2, 0) is 40.4 Å². The maximum Gasteiger partial charge on any atom is 0.269 e. The van der Waals surface area contributed by atoms with Crippen LogP contribution in [0.3, 0.4) is 0 Å². The molecule has 14 heteroatoms. The Kier molecular flexibility index (Phi) is 10.7. The maximum absolute atomic E-state index is 13.3. The van der Waals surface area contributed by atoms with Gasteiger partial charge in [0.05, 0.1) is 29.7 Å². The molecule has 5 aromatic rings. The minimum absolute atomic E-state index is 0.0584. The first kappa shape index (κ1) is 38.4. The van der Waals surface area contributed by atoms with Crippen LogP contribution in [0.4, 0.5) is 5.69 Å². The first-order chi connectivity index (χ1) is 28.2. The van der Waals surface area contributed by atoms with Gasteiger partial charge in [-0.3, -0.25) is 29.1 Å². The second kappa shape index (κ2) is 16.2. The van der Waals surface area contributed by atoms with Crippen molar-refractivity contribution in [3.63, 3.8) is 0 Å². The van der Waals surface area contributed by atoms with Crippen LogP contribution in [0.5, 0.6) is 0 Å². The standard InChI is InChI=1S/C44H47N9O5/c1-4-40-49-42(39-25-50(27(2)55)17-18-52(39)40)32-8-5-7-29-19-37(47-22-34(29)32)30-11-13-36(46-21-30)43(57)48-20-28-15-16-51(23-28)38-10-6-9-33-35(38)24-53(44(33)58)31(26-54)12-14-41(56)45-3/h5-11,13,19,21-22,26,28,31H,4,12,14-18,20,23-25H2,1-3H3,(H,45,56)(H,48,57). The van der Waals surface area contributed by atoms with Crippen LogP contribution in [0, 0.1) is 5.92 Å². The summed E-state index contributed by atoms with van der Waals surface area (Å²) in [7, 11) is 1.55. The third-order valence-electron chi connectivity index (χ3n) is 11.8. The zero-order chi connectivity index (χ0) is 40.5. The van der Waals surface area contributed by atoms with E-state index in [0.717, 1.165) is 88.3 Å². The van der Waals surface area contributed by atoms with Crippen LogP contribution in [0.25, 0.3) is 33.3 Å². The molecule has 3 aliphatic heterocycles. The molecule has 1 fully saturated rings. The van der Waals surface area contributed by atoms with Gasteiger partial charge in [0.2, 0.25) is 11.8 Å². The SMILES string of the molecule is CCc1nc(-c2cccc3cc(-c4ccc(C(=O)NCC5CCN(c6cccc7c6CN(C(C=O)CCC(=O)NC)C7=O)C5)nc4)ncc23)c2n1CCN(C(C)=O)C2. The van der Waals surface area contributed by atoms with Gasteiger partial charge >= 0.3 is 0 Å². The summed E-state index contributed by atoms with van der Waals surface area (Å²) >= 11 is 0. The van der Waals surface area contributed by atoms with Crippen LogP contribution in [0.2, 0.25) is 0 Å². The summed E-state index contributed by atoms with van der Waals surface area (Å²) < 4.78 is 2.25. The first-order valence-electron chi connectivity index (χ1n) is 20.0. The number of rotatable bonds is 12. The number of aromatic nitrogens is 4. The van der Waals surface area contributed by atoms with Crippen molar-refractivity contribution >= 4 is 46.4 Å². The normalized spacial score (nSPS) is 16.6. The van der Waals surface area contributed by atoms with Gasteiger partial charge in [0.25, 0.3) is 11.8 Å². The number of carbonyl (C=O) groups excluding carboxylic acids is 5. The second-order valence-electron chi connectivity index (χ2n) is 15.3. The number of aryl methyl sites for hydroxylation is 1. The van der Waals surface area contributed by atoms with E-state index in [1.807, 2.05) is 41.4 Å². The van der Waals surface area contributed by atoms with Crippen LogP contribution in [-0.4, -0.2) is 98.5 Å². The number of hydrogen-bond acceptors (Lipinski definition) is 9. The van der Waals surface area contributed by atoms with Crippen molar-refractivity contribution in [2.75, 3.05) is 38.1 Å². The highest BCUT2D eigenvalue weighted by molar-refractivity contribution is 6.01. The number of benzene rings is 2. The van der Waals surface area contributed by atoms with Gasteiger partial charge in [-0.05, 0) is 54.5 Å². The fourth-order valence-electron chi connectivity index (χ4n) is 8.56. The zero-order valence-electron chi connectivity index (χ0n) is 33.0. The molecule has 0 aliphatic carbocycles. The van der Waals surface area contributed by atoms with E-state index in [-0.39, 0.29) is 42.4 Å². The summed E-state index contributed by atoms with van der Waals surface area (Å²) in [5, 5.41) is 7.60. The van der Waals surface area contributed by atoms with Crippen molar-refractivity contribution < 1.29 is 24.0 Å². The monoisotopic (exact) mass is 781 g/mol. The summed E-state index contributed by atoms with van der Waals surface area (Å²) in [6.45, 7) is 7.91. The van der Waals surface area contributed by atoms with Gasteiger partial charge in [0.15, 0.2) is 0 Å². The van der Waals surface area contributed by atoms with Crippen molar-refractivity contribution in [2.24, 2.45) is 5.92 Å². The molecule has 2 atom stereocenters. The van der Waals surface area contributed by atoms with Gasteiger partial charge in [-0.1, -0.05) is 31.2 Å². The smallest absolute Gasteiger partial charge is 0.269 e. The van der Waals surface area contributed by atoms with Gasteiger partial charge in [0.1, 0.15) is 17.8 Å². The fraction of sp³-hybridized carbons (Fsp3) is 0.364. The quantitative estimate of drug-likeness (QED) is 0.175. The van der Waals surface area contributed by atoms with E-state index in [1.54, 1.807) is 37.2 Å².